The fraction of sp³-hybridized carbons (Fsp3) is 0.727. The zero-order valence-electron chi connectivity index (χ0n) is 9.13. The Hall–Kier alpha value is -0.830. The van der Waals surface area contributed by atoms with Crippen molar-refractivity contribution in [2.45, 2.75) is 38.7 Å². The van der Waals surface area contributed by atoms with Gasteiger partial charge in [0.2, 0.25) is 5.78 Å². The van der Waals surface area contributed by atoms with Crippen molar-refractivity contribution in [3.05, 3.63) is 11.8 Å². The van der Waals surface area contributed by atoms with Gasteiger partial charge in [0.25, 0.3) is 0 Å². The normalized spacial score (nSPS) is 16.4. The molecule has 0 aromatic carbocycles. The van der Waals surface area contributed by atoms with E-state index in [1.807, 2.05) is 19.9 Å². The third kappa shape index (κ3) is 1.82. The van der Waals surface area contributed by atoms with Crippen LogP contribution in [0, 0.1) is 0 Å². The molecule has 0 unspecified atom stereocenters. The molecular formula is C11H18O3. The Morgan fingerprint density at radius 2 is 2.21 bits per heavy atom. The van der Waals surface area contributed by atoms with Gasteiger partial charge in [-0.25, -0.2) is 0 Å². The number of methoxy groups -OCH3 is 1. The van der Waals surface area contributed by atoms with Crippen molar-refractivity contribution in [3.8, 4) is 0 Å². The molecule has 0 aromatic rings. The van der Waals surface area contributed by atoms with Crippen LogP contribution >= 0.6 is 0 Å². The van der Waals surface area contributed by atoms with E-state index in [4.69, 9.17) is 9.47 Å². The number of rotatable bonds is 5. The molecule has 14 heavy (non-hydrogen) atoms. The molecule has 1 rings (SSSR count). The zero-order valence-corrected chi connectivity index (χ0v) is 9.13. The largest absolute Gasteiger partial charge is 0.490 e. The van der Waals surface area contributed by atoms with Crippen molar-refractivity contribution in [2.24, 2.45) is 0 Å². The molecule has 3 nitrogen and oxygen atoms in total. The van der Waals surface area contributed by atoms with E-state index < -0.39 is 5.60 Å². The molecule has 0 N–H and O–H groups in total. The Balaban J connectivity index is 2.82. The molecule has 0 radical (unpaired) electrons. The van der Waals surface area contributed by atoms with Crippen LogP contribution in [0.2, 0.25) is 0 Å². The Morgan fingerprint density at radius 3 is 2.57 bits per heavy atom. The summed E-state index contributed by atoms with van der Waals surface area (Å²) in [5.74, 6) is 0.470. The molecule has 1 aliphatic rings. The van der Waals surface area contributed by atoms with Gasteiger partial charge in [-0.1, -0.05) is 13.8 Å². The van der Waals surface area contributed by atoms with Crippen LogP contribution in [0.4, 0.5) is 0 Å². The van der Waals surface area contributed by atoms with E-state index in [2.05, 4.69) is 0 Å². The van der Waals surface area contributed by atoms with Gasteiger partial charge < -0.3 is 9.47 Å². The summed E-state index contributed by atoms with van der Waals surface area (Å²) in [6, 6.07) is 0. The molecule has 0 bridgehead atoms. The Bertz CT molecular complexity index is 231. The average molecular weight is 198 g/mol. The SMILES string of the molecule is CCC(CC)(OC)C(=O)C1=CCCO1. The zero-order chi connectivity index (χ0) is 10.6. The molecule has 0 fully saturated rings. The summed E-state index contributed by atoms with van der Waals surface area (Å²) in [4.78, 5) is 12.0. The predicted molar refractivity (Wildman–Crippen MR) is 54.0 cm³/mol. The highest BCUT2D eigenvalue weighted by molar-refractivity contribution is 6.00. The first-order chi connectivity index (χ1) is 6.70. The second kappa shape index (κ2) is 4.60. The van der Waals surface area contributed by atoms with Crippen LogP contribution < -0.4 is 0 Å². The van der Waals surface area contributed by atoms with Crippen molar-refractivity contribution >= 4 is 5.78 Å². The molecule has 3 heteroatoms. The first kappa shape index (κ1) is 11.2. The third-order valence-corrected chi connectivity index (χ3v) is 2.88. The monoisotopic (exact) mass is 198 g/mol. The summed E-state index contributed by atoms with van der Waals surface area (Å²) in [5, 5.41) is 0. The van der Waals surface area contributed by atoms with Crippen LogP contribution in [-0.4, -0.2) is 25.1 Å². The van der Waals surface area contributed by atoms with Crippen LogP contribution in [0.25, 0.3) is 0 Å². The molecule has 0 aliphatic carbocycles. The quantitative estimate of drug-likeness (QED) is 0.678. The van der Waals surface area contributed by atoms with Gasteiger partial charge in [0.15, 0.2) is 5.76 Å². The molecule has 80 valence electrons. The van der Waals surface area contributed by atoms with Crippen LogP contribution in [0.5, 0.6) is 0 Å². The number of carbonyl (C=O) groups excluding carboxylic acids is 1. The highest BCUT2D eigenvalue weighted by Crippen LogP contribution is 2.26. The maximum Gasteiger partial charge on any atom is 0.228 e. The van der Waals surface area contributed by atoms with E-state index in [0.29, 0.717) is 25.2 Å². The van der Waals surface area contributed by atoms with Crippen molar-refractivity contribution < 1.29 is 14.3 Å². The van der Waals surface area contributed by atoms with Gasteiger partial charge >= 0.3 is 0 Å². The molecule has 0 atom stereocenters. The van der Waals surface area contributed by atoms with Gasteiger partial charge in [0.1, 0.15) is 5.60 Å². The minimum absolute atomic E-state index is 0.0116. The second-order valence-electron chi connectivity index (χ2n) is 3.44. The van der Waals surface area contributed by atoms with E-state index >= 15 is 0 Å². The first-order valence-corrected chi connectivity index (χ1v) is 5.13. The van der Waals surface area contributed by atoms with E-state index in [0.717, 1.165) is 6.42 Å². The number of hydrogen-bond acceptors (Lipinski definition) is 3. The van der Waals surface area contributed by atoms with Crippen molar-refractivity contribution in [2.75, 3.05) is 13.7 Å². The van der Waals surface area contributed by atoms with E-state index in [1.54, 1.807) is 7.11 Å². The van der Waals surface area contributed by atoms with Crippen molar-refractivity contribution in [1.29, 1.82) is 0 Å². The fourth-order valence-corrected chi connectivity index (χ4v) is 1.75. The van der Waals surface area contributed by atoms with Gasteiger partial charge in [-0.3, -0.25) is 4.79 Å². The Kier molecular flexibility index (Phi) is 3.69. The molecule has 1 heterocycles. The maximum atomic E-state index is 12.0. The molecule has 0 spiro atoms. The number of Topliss-reactive ketones (excluding diaryl/α,β-unsaturated/α-hetero) is 1. The number of hydrogen-bond donors (Lipinski definition) is 0. The molecule has 0 saturated carbocycles. The third-order valence-electron chi connectivity index (χ3n) is 2.88. The topological polar surface area (TPSA) is 35.5 Å². The van der Waals surface area contributed by atoms with E-state index in [1.165, 1.54) is 0 Å². The molecular weight excluding hydrogens is 180 g/mol. The number of carbonyl (C=O) groups is 1. The van der Waals surface area contributed by atoms with Gasteiger partial charge in [0.05, 0.1) is 6.61 Å². The summed E-state index contributed by atoms with van der Waals surface area (Å²) < 4.78 is 10.6. The highest BCUT2D eigenvalue weighted by atomic mass is 16.5. The Labute approximate surface area is 85.1 Å². The average Bonchev–Trinajstić information content (AvgIpc) is 2.74. The Morgan fingerprint density at radius 1 is 1.57 bits per heavy atom. The van der Waals surface area contributed by atoms with Crippen LogP contribution in [-0.2, 0) is 14.3 Å². The van der Waals surface area contributed by atoms with Gasteiger partial charge in [-0.2, -0.15) is 0 Å². The summed E-state index contributed by atoms with van der Waals surface area (Å²) in [7, 11) is 1.58. The lowest BCUT2D eigenvalue weighted by Crippen LogP contribution is -2.40. The first-order valence-electron chi connectivity index (χ1n) is 5.13. The second-order valence-corrected chi connectivity index (χ2v) is 3.44. The van der Waals surface area contributed by atoms with E-state index in [-0.39, 0.29) is 5.78 Å². The van der Waals surface area contributed by atoms with Gasteiger partial charge in [-0.15, -0.1) is 0 Å². The molecule has 0 amide bonds. The van der Waals surface area contributed by atoms with Crippen LogP contribution in [0.1, 0.15) is 33.1 Å². The number of ketones is 1. The van der Waals surface area contributed by atoms with Crippen LogP contribution in [0.15, 0.2) is 11.8 Å². The predicted octanol–water partition coefficient (Wildman–Crippen LogP) is 2.06. The van der Waals surface area contributed by atoms with Crippen LogP contribution in [0.3, 0.4) is 0 Å². The summed E-state index contributed by atoms with van der Waals surface area (Å²) in [5.41, 5.74) is -0.684. The highest BCUT2D eigenvalue weighted by Gasteiger charge is 2.38. The minimum atomic E-state index is -0.684. The van der Waals surface area contributed by atoms with E-state index in [9.17, 15) is 4.79 Å². The lowest BCUT2D eigenvalue weighted by molar-refractivity contribution is -0.141. The molecule has 1 aliphatic heterocycles. The number of ether oxygens (including phenoxy) is 2. The maximum absolute atomic E-state index is 12.0. The minimum Gasteiger partial charge on any atom is -0.490 e. The lowest BCUT2D eigenvalue weighted by Gasteiger charge is -2.28. The fourth-order valence-electron chi connectivity index (χ4n) is 1.75. The summed E-state index contributed by atoms with van der Waals surface area (Å²) >= 11 is 0. The molecule has 0 aromatic heterocycles. The lowest BCUT2D eigenvalue weighted by atomic mass is 9.90. The molecule has 0 saturated heterocycles. The van der Waals surface area contributed by atoms with Gasteiger partial charge in [0, 0.05) is 13.5 Å². The summed E-state index contributed by atoms with van der Waals surface area (Å²) in [6.07, 6.45) is 4.04. The van der Waals surface area contributed by atoms with Crippen molar-refractivity contribution in [1.82, 2.24) is 0 Å². The van der Waals surface area contributed by atoms with Crippen molar-refractivity contribution in [3.63, 3.8) is 0 Å². The van der Waals surface area contributed by atoms with Gasteiger partial charge in [-0.05, 0) is 18.9 Å². The summed E-state index contributed by atoms with van der Waals surface area (Å²) in [6.45, 7) is 4.54. The smallest absolute Gasteiger partial charge is 0.228 e. The standard InChI is InChI=1S/C11H18O3/c1-4-11(5-2,13-3)10(12)9-7-6-8-14-9/h7H,4-6,8H2,1-3H3.